The molecule has 0 unspecified atom stereocenters. The molecule has 1 aliphatic carbocycles. The monoisotopic (exact) mass is 269 g/mol. The maximum absolute atomic E-state index is 13.8. The Morgan fingerprint density at radius 3 is 2.50 bits per heavy atom. The number of isocyanates is 1. The van der Waals surface area contributed by atoms with Crippen LogP contribution in [0.15, 0.2) is 28.1 Å². The summed E-state index contributed by atoms with van der Waals surface area (Å²) in [5.41, 5.74) is -0.651. The summed E-state index contributed by atoms with van der Waals surface area (Å²) in [4.78, 5) is 13.9. The third-order valence-electron chi connectivity index (χ3n) is 3.28. The van der Waals surface area contributed by atoms with E-state index in [9.17, 15) is 17.6 Å². The first-order valence-electron chi connectivity index (χ1n) is 5.49. The largest absolute Gasteiger partial charge is 0.235 e. The highest BCUT2D eigenvalue weighted by molar-refractivity contribution is 7.90. The number of benzene rings is 1. The zero-order chi connectivity index (χ0) is 13.4. The first-order chi connectivity index (χ1) is 8.41. The Hall–Kier alpha value is -1.52. The van der Waals surface area contributed by atoms with Crippen molar-refractivity contribution in [2.45, 2.75) is 29.7 Å². The van der Waals surface area contributed by atoms with Gasteiger partial charge in [0.05, 0.1) is 5.54 Å². The van der Waals surface area contributed by atoms with Gasteiger partial charge in [-0.05, 0) is 25.3 Å². The molecule has 0 radical (unpaired) electrons. The predicted molar refractivity (Wildman–Crippen MR) is 63.2 cm³/mol. The molecule has 1 saturated carbocycles. The Labute approximate surface area is 104 Å². The molecule has 96 valence electrons. The highest BCUT2D eigenvalue weighted by Crippen LogP contribution is 2.47. The third-order valence-corrected chi connectivity index (χ3v) is 4.44. The summed E-state index contributed by atoms with van der Waals surface area (Å²) in [6.45, 7) is 0. The number of carbonyl (C=O) groups excluding carboxylic acids is 1. The van der Waals surface area contributed by atoms with Crippen LogP contribution in [0.1, 0.15) is 24.8 Å². The molecule has 18 heavy (non-hydrogen) atoms. The SMILES string of the molecule is CS(=O)(=O)c1c(F)cccc1C1(N=C=O)CCC1. The van der Waals surface area contributed by atoms with Gasteiger partial charge in [-0.3, -0.25) is 0 Å². The van der Waals surface area contributed by atoms with Crippen molar-refractivity contribution in [3.05, 3.63) is 29.6 Å². The Morgan fingerprint density at radius 1 is 1.39 bits per heavy atom. The molecule has 2 rings (SSSR count). The maximum Gasteiger partial charge on any atom is 0.235 e. The van der Waals surface area contributed by atoms with Crippen molar-refractivity contribution < 1.29 is 17.6 Å². The second-order valence-corrected chi connectivity index (χ2v) is 6.43. The average molecular weight is 269 g/mol. The first kappa shape index (κ1) is 12.9. The Morgan fingerprint density at radius 2 is 2.06 bits per heavy atom. The fourth-order valence-electron chi connectivity index (χ4n) is 2.29. The van der Waals surface area contributed by atoms with Crippen LogP contribution in [0.3, 0.4) is 0 Å². The zero-order valence-corrected chi connectivity index (χ0v) is 10.6. The molecule has 0 aliphatic heterocycles. The number of sulfone groups is 1. The smallest absolute Gasteiger partial charge is 0.224 e. The van der Waals surface area contributed by atoms with Gasteiger partial charge in [-0.15, -0.1) is 0 Å². The molecule has 6 heteroatoms. The summed E-state index contributed by atoms with van der Waals surface area (Å²) in [6, 6.07) is 4.04. The summed E-state index contributed by atoms with van der Waals surface area (Å²) < 4.78 is 37.1. The van der Waals surface area contributed by atoms with E-state index in [1.807, 2.05) is 0 Å². The molecule has 0 saturated heterocycles. The second-order valence-electron chi connectivity index (χ2n) is 4.48. The van der Waals surface area contributed by atoms with E-state index in [0.29, 0.717) is 12.8 Å². The van der Waals surface area contributed by atoms with E-state index in [0.717, 1.165) is 18.7 Å². The highest BCUT2D eigenvalue weighted by Gasteiger charge is 2.42. The van der Waals surface area contributed by atoms with Gasteiger partial charge in [-0.2, -0.15) is 4.99 Å². The van der Waals surface area contributed by atoms with E-state index < -0.39 is 21.2 Å². The van der Waals surface area contributed by atoms with Crippen LogP contribution in [0, 0.1) is 5.82 Å². The average Bonchev–Trinajstić information content (AvgIpc) is 2.21. The van der Waals surface area contributed by atoms with E-state index in [1.165, 1.54) is 18.2 Å². The summed E-state index contributed by atoms with van der Waals surface area (Å²) in [5.74, 6) is -0.803. The Kier molecular flexibility index (Phi) is 3.09. The molecule has 0 spiro atoms. The molecule has 0 atom stereocenters. The van der Waals surface area contributed by atoms with Crippen molar-refractivity contribution in [3.8, 4) is 0 Å². The predicted octanol–water partition coefficient (Wildman–Crippen LogP) is 1.94. The third kappa shape index (κ3) is 1.98. The van der Waals surface area contributed by atoms with Crippen LogP contribution >= 0.6 is 0 Å². The van der Waals surface area contributed by atoms with Crippen molar-refractivity contribution in [2.75, 3.05) is 6.26 Å². The quantitative estimate of drug-likeness (QED) is 0.622. The standard InChI is InChI=1S/C12H12FNO3S/c1-18(16,17)11-9(4-2-5-10(11)13)12(14-8-15)6-3-7-12/h2,4-5H,3,6-7H2,1H3. The molecule has 4 nitrogen and oxygen atoms in total. The van der Waals surface area contributed by atoms with Crippen LogP contribution in [-0.2, 0) is 20.2 Å². The summed E-state index contributed by atoms with van der Waals surface area (Å²) in [6.07, 6.45) is 4.31. The lowest BCUT2D eigenvalue weighted by molar-refractivity contribution is 0.249. The van der Waals surface area contributed by atoms with E-state index in [4.69, 9.17) is 0 Å². The van der Waals surface area contributed by atoms with E-state index in [2.05, 4.69) is 4.99 Å². The van der Waals surface area contributed by atoms with Crippen molar-refractivity contribution in [1.82, 2.24) is 0 Å². The molecule has 0 amide bonds. The second kappa shape index (κ2) is 4.30. The molecule has 1 aliphatic rings. The minimum absolute atomic E-state index is 0.264. The van der Waals surface area contributed by atoms with Gasteiger partial charge in [0.25, 0.3) is 0 Å². The molecule has 0 aromatic heterocycles. The topological polar surface area (TPSA) is 63.6 Å². The van der Waals surface area contributed by atoms with Gasteiger partial charge >= 0.3 is 0 Å². The normalized spacial score (nSPS) is 17.7. The molecule has 0 heterocycles. The molecular formula is C12H12FNO3S. The van der Waals surface area contributed by atoms with Gasteiger partial charge in [0.2, 0.25) is 6.08 Å². The van der Waals surface area contributed by atoms with Gasteiger partial charge in [-0.1, -0.05) is 12.1 Å². The van der Waals surface area contributed by atoms with Crippen LogP contribution in [0.4, 0.5) is 4.39 Å². The highest BCUT2D eigenvalue weighted by atomic mass is 32.2. The lowest BCUT2D eigenvalue weighted by Gasteiger charge is -2.38. The number of nitrogens with zero attached hydrogens (tertiary/aromatic N) is 1. The maximum atomic E-state index is 13.8. The molecular weight excluding hydrogens is 257 g/mol. The molecule has 1 aromatic rings. The lowest BCUT2D eigenvalue weighted by atomic mass is 9.72. The summed E-state index contributed by atoms with van der Waals surface area (Å²) in [7, 11) is -3.71. The Bertz CT molecular complexity index is 629. The fraction of sp³-hybridized carbons (Fsp3) is 0.417. The van der Waals surface area contributed by atoms with Gasteiger partial charge in [0, 0.05) is 11.8 Å². The van der Waals surface area contributed by atoms with Gasteiger partial charge < -0.3 is 0 Å². The zero-order valence-electron chi connectivity index (χ0n) is 9.81. The number of aliphatic imine (C=N–C) groups is 1. The minimum Gasteiger partial charge on any atom is -0.224 e. The number of hydrogen-bond acceptors (Lipinski definition) is 4. The molecule has 0 bridgehead atoms. The van der Waals surface area contributed by atoms with Gasteiger partial charge in [0.15, 0.2) is 9.84 Å². The van der Waals surface area contributed by atoms with Crippen molar-refractivity contribution in [1.29, 1.82) is 0 Å². The van der Waals surface area contributed by atoms with Gasteiger partial charge in [-0.25, -0.2) is 17.6 Å². The van der Waals surface area contributed by atoms with E-state index >= 15 is 0 Å². The molecule has 1 fully saturated rings. The first-order valence-corrected chi connectivity index (χ1v) is 7.38. The fourth-order valence-corrected chi connectivity index (χ4v) is 3.37. The number of hydrogen-bond donors (Lipinski definition) is 0. The minimum atomic E-state index is -3.71. The van der Waals surface area contributed by atoms with Crippen molar-refractivity contribution >= 4 is 15.9 Å². The van der Waals surface area contributed by atoms with Crippen molar-refractivity contribution in [2.24, 2.45) is 4.99 Å². The number of halogens is 1. The van der Waals surface area contributed by atoms with E-state index in [-0.39, 0.29) is 10.5 Å². The van der Waals surface area contributed by atoms with E-state index in [1.54, 1.807) is 0 Å². The summed E-state index contributed by atoms with van der Waals surface area (Å²) in [5, 5.41) is 0. The van der Waals surface area contributed by atoms with Crippen LogP contribution in [0.5, 0.6) is 0 Å². The lowest BCUT2D eigenvalue weighted by Crippen LogP contribution is -2.33. The molecule has 0 N–H and O–H groups in total. The number of rotatable bonds is 3. The summed E-state index contributed by atoms with van der Waals surface area (Å²) >= 11 is 0. The van der Waals surface area contributed by atoms with Crippen LogP contribution in [0.2, 0.25) is 0 Å². The molecule has 1 aromatic carbocycles. The van der Waals surface area contributed by atoms with Gasteiger partial charge in [0.1, 0.15) is 10.7 Å². The van der Waals surface area contributed by atoms with Crippen LogP contribution in [-0.4, -0.2) is 20.8 Å². The van der Waals surface area contributed by atoms with Crippen molar-refractivity contribution in [3.63, 3.8) is 0 Å². The Balaban J connectivity index is 2.72. The van der Waals surface area contributed by atoms with Crippen LogP contribution < -0.4 is 0 Å². The van der Waals surface area contributed by atoms with Crippen LogP contribution in [0.25, 0.3) is 0 Å².